The fraction of sp³-hybridized carbons (Fsp3) is 0.400. The second-order valence-corrected chi connectivity index (χ2v) is 10.8. The Bertz CT molecular complexity index is 1490. The molecule has 1 unspecified atom stereocenters. The number of nitrogens with zero attached hydrogens (tertiary/aromatic N) is 3. The van der Waals surface area contributed by atoms with E-state index in [1.54, 1.807) is 6.07 Å². The van der Waals surface area contributed by atoms with Crippen LogP contribution in [0.5, 0.6) is 0 Å². The van der Waals surface area contributed by atoms with Gasteiger partial charge in [-0.15, -0.1) is 11.8 Å². The van der Waals surface area contributed by atoms with E-state index in [4.69, 9.17) is 4.74 Å². The molecular formula is C25H22F5N5O9S. The van der Waals surface area contributed by atoms with Crippen molar-refractivity contribution in [3.8, 4) is 0 Å². The van der Waals surface area contributed by atoms with Crippen molar-refractivity contribution >= 4 is 53.5 Å². The lowest BCUT2D eigenvalue weighted by Crippen LogP contribution is -2.71. The number of halogens is 5. The number of hydrogen-bond acceptors (Lipinski definition) is 9. The fourth-order valence-electron chi connectivity index (χ4n) is 4.57. The van der Waals surface area contributed by atoms with Gasteiger partial charge in [-0.05, 0) is 5.56 Å². The zero-order valence-electron chi connectivity index (χ0n) is 22.8. The summed E-state index contributed by atoms with van der Waals surface area (Å²) in [7, 11) is 0. The Morgan fingerprint density at radius 2 is 1.67 bits per heavy atom. The molecule has 3 heterocycles. The van der Waals surface area contributed by atoms with Crippen LogP contribution in [0.1, 0.15) is 18.5 Å². The number of esters is 1. The number of ether oxygens (including phenoxy) is 1. The number of urea groups is 2. The predicted molar refractivity (Wildman–Crippen MR) is 139 cm³/mol. The van der Waals surface area contributed by atoms with Gasteiger partial charge in [0.2, 0.25) is 5.91 Å². The minimum absolute atomic E-state index is 0.0221. The maximum Gasteiger partial charge on any atom is 0.463 e. The van der Waals surface area contributed by atoms with E-state index in [9.17, 15) is 60.6 Å². The third-order valence-electron chi connectivity index (χ3n) is 6.78. The number of carboxylic acids is 1. The molecule has 3 aliphatic heterocycles. The van der Waals surface area contributed by atoms with Crippen molar-refractivity contribution in [1.82, 2.24) is 25.3 Å². The fourth-order valence-corrected chi connectivity index (χ4v) is 5.90. The summed E-state index contributed by atoms with van der Waals surface area (Å²) in [5, 5.41) is 13.3. The molecule has 3 atom stereocenters. The lowest BCUT2D eigenvalue weighted by molar-refractivity contribution is -0.272. The van der Waals surface area contributed by atoms with Gasteiger partial charge < -0.3 is 20.5 Å². The summed E-state index contributed by atoms with van der Waals surface area (Å²) < 4.78 is 69.9. The highest BCUT2D eigenvalue weighted by Crippen LogP contribution is 2.41. The number of benzene rings is 1. The van der Waals surface area contributed by atoms with Crippen molar-refractivity contribution in [1.29, 1.82) is 0 Å². The molecule has 4 rings (SSSR count). The van der Waals surface area contributed by atoms with Gasteiger partial charge >= 0.3 is 42.0 Å². The number of alkyl halides is 5. The average molecular weight is 664 g/mol. The predicted octanol–water partition coefficient (Wildman–Crippen LogP) is 1.20. The van der Waals surface area contributed by atoms with Crippen molar-refractivity contribution < 1.29 is 65.4 Å². The molecule has 1 aromatic rings. The van der Waals surface area contributed by atoms with Gasteiger partial charge in [-0.2, -0.15) is 22.0 Å². The maximum atomic E-state index is 13.6. The number of hydrogen-bond donors (Lipinski definition) is 3. The van der Waals surface area contributed by atoms with Crippen LogP contribution in [-0.2, 0) is 28.7 Å². The SMILES string of the molecule is CC(=O)OCC1=C(C(=O)O)N2C(=O)C(NC(=O)[C@H](NC(=O)N3CCN(C(=O)C(F)(F)C(F)(F)F)C3=O)c3ccccc3)[C@H]2SC1. The summed E-state index contributed by atoms with van der Waals surface area (Å²) in [6.45, 7) is -1.03. The zero-order valence-corrected chi connectivity index (χ0v) is 23.6. The maximum absolute atomic E-state index is 13.6. The summed E-state index contributed by atoms with van der Waals surface area (Å²) >= 11 is 1.06. The van der Waals surface area contributed by atoms with Crippen molar-refractivity contribution in [2.75, 3.05) is 25.4 Å². The van der Waals surface area contributed by atoms with Gasteiger partial charge in [0.15, 0.2) is 0 Å². The topological polar surface area (TPSA) is 183 Å². The third-order valence-corrected chi connectivity index (χ3v) is 8.12. The number of rotatable bonds is 8. The zero-order chi connectivity index (χ0) is 33.4. The molecule has 242 valence electrons. The van der Waals surface area contributed by atoms with Crippen LogP contribution in [0.15, 0.2) is 41.6 Å². The van der Waals surface area contributed by atoms with E-state index in [0.717, 1.165) is 23.6 Å². The van der Waals surface area contributed by atoms with Crippen molar-refractivity contribution in [2.45, 2.75) is 36.5 Å². The molecule has 3 aliphatic rings. The highest BCUT2D eigenvalue weighted by molar-refractivity contribution is 8.00. The Kier molecular flexibility index (Phi) is 9.08. The van der Waals surface area contributed by atoms with Gasteiger partial charge in [-0.1, -0.05) is 30.3 Å². The van der Waals surface area contributed by atoms with E-state index in [1.807, 2.05) is 0 Å². The smallest absolute Gasteiger partial charge is 0.463 e. The highest BCUT2D eigenvalue weighted by Gasteiger charge is 2.66. The number of nitrogens with one attached hydrogen (secondary N) is 2. The van der Waals surface area contributed by atoms with Crippen LogP contribution in [0.2, 0.25) is 0 Å². The van der Waals surface area contributed by atoms with E-state index >= 15 is 0 Å². The molecule has 0 saturated carbocycles. The quantitative estimate of drug-likeness (QED) is 0.208. The first-order valence-electron chi connectivity index (χ1n) is 12.7. The molecule has 3 N–H and O–H groups in total. The summed E-state index contributed by atoms with van der Waals surface area (Å²) in [6, 6.07) is 1.06. The van der Waals surface area contributed by atoms with Gasteiger partial charge in [0.05, 0.1) is 6.54 Å². The molecule has 1 aromatic carbocycles. The highest BCUT2D eigenvalue weighted by atomic mass is 32.2. The number of carboxylic acid groups (broad SMARTS) is 1. The lowest BCUT2D eigenvalue weighted by Gasteiger charge is -2.49. The molecule has 20 heteroatoms. The summed E-state index contributed by atoms with van der Waals surface area (Å²) in [5.41, 5.74) is -0.185. The Labute approximate surface area is 253 Å². The first-order chi connectivity index (χ1) is 21.0. The first-order valence-corrected chi connectivity index (χ1v) is 13.8. The number of carbonyl (C=O) groups is 7. The summed E-state index contributed by atoms with van der Waals surface area (Å²) in [5.74, 6) is -12.8. The van der Waals surface area contributed by atoms with Crippen LogP contribution in [0.3, 0.4) is 0 Å². The Morgan fingerprint density at radius 1 is 1.04 bits per heavy atom. The molecule has 0 radical (unpaired) electrons. The second kappa shape index (κ2) is 12.3. The number of imide groups is 2. The lowest BCUT2D eigenvalue weighted by atomic mass is 10.0. The molecule has 7 amide bonds. The number of aliphatic carboxylic acids is 1. The van der Waals surface area contributed by atoms with Crippen molar-refractivity contribution in [3.05, 3.63) is 47.2 Å². The molecular weight excluding hydrogens is 641 g/mol. The standard InChI is InChI=1S/C25H22F5N5O9S/c1-11(36)44-9-13-10-45-19-15(18(38)35(19)16(13)20(39)40)31-17(37)14(12-5-3-2-4-6-12)32-22(42)34-8-7-33(23(34)43)21(41)24(26,27)25(28,29)30/h2-6,14-15,19H,7-10H2,1H3,(H,31,37)(H,32,42)(H,39,40)/t14-,15?,19-/m1/s1. The molecule has 0 bridgehead atoms. The van der Waals surface area contributed by atoms with Gasteiger partial charge in [0, 0.05) is 24.8 Å². The minimum atomic E-state index is -6.30. The summed E-state index contributed by atoms with van der Waals surface area (Å²) in [4.78, 5) is 87.4. The second-order valence-electron chi connectivity index (χ2n) is 9.69. The van der Waals surface area contributed by atoms with Crippen molar-refractivity contribution in [2.24, 2.45) is 0 Å². The van der Waals surface area contributed by atoms with Crippen LogP contribution in [0, 0.1) is 0 Å². The summed E-state index contributed by atoms with van der Waals surface area (Å²) in [6.07, 6.45) is -6.30. The van der Waals surface area contributed by atoms with Gasteiger partial charge in [-0.3, -0.25) is 29.0 Å². The normalized spacial score (nSPS) is 20.7. The Morgan fingerprint density at radius 3 is 2.24 bits per heavy atom. The van der Waals surface area contributed by atoms with Crippen LogP contribution in [-0.4, -0.2) is 110 Å². The van der Waals surface area contributed by atoms with Crippen LogP contribution in [0.25, 0.3) is 0 Å². The molecule has 2 saturated heterocycles. The van der Waals surface area contributed by atoms with E-state index in [2.05, 4.69) is 10.6 Å². The molecule has 0 spiro atoms. The monoisotopic (exact) mass is 663 g/mol. The molecule has 2 fully saturated rings. The number of fused-ring (bicyclic) bond motifs is 1. The first kappa shape index (κ1) is 33.1. The van der Waals surface area contributed by atoms with E-state index < -0.39 is 95.0 Å². The van der Waals surface area contributed by atoms with E-state index in [0.29, 0.717) is 0 Å². The van der Waals surface area contributed by atoms with E-state index in [-0.39, 0.29) is 28.4 Å². The van der Waals surface area contributed by atoms with Gasteiger partial charge in [-0.25, -0.2) is 19.3 Å². The Hall–Kier alpha value is -4.75. The molecule has 14 nitrogen and oxygen atoms in total. The van der Waals surface area contributed by atoms with Crippen LogP contribution in [0.4, 0.5) is 31.5 Å². The molecule has 0 aliphatic carbocycles. The van der Waals surface area contributed by atoms with Crippen LogP contribution < -0.4 is 10.6 Å². The number of amides is 7. The number of thioether (sulfide) groups is 1. The third kappa shape index (κ3) is 6.26. The Balaban J connectivity index is 1.50. The van der Waals surface area contributed by atoms with Gasteiger partial charge in [0.25, 0.3) is 5.91 Å². The molecule has 0 aromatic heterocycles. The van der Waals surface area contributed by atoms with Crippen LogP contribution >= 0.6 is 11.8 Å². The van der Waals surface area contributed by atoms with E-state index in [1.165, 1.54) is 24.3 Å². The number of carbonyl (C=O) groups excluding carboxylic acids is 6. The largest absolute Gasteiger partial charge is 0.477 e. The molecule has 45 heavy (non-hydrogen) atoms. The number of β-lactam (4-membered cyclic amide) rings is 1. The van der Waals surface area contributed by atoms with Gasteiger partial charge in [0.1, 0.15) is 29.8 Å². The van der Waals surface area contributed by atoms with Crippen molar-refractivity contribution in [3.63, 3.8) is 0 Å². The minimum Gasteiger partial charge on any atom is -0.477 e. The average Bonchev–Trinajstić information content (AvgIpc) is 3.36.